The largest absolute Gasteiger partial charge is 3.00 e. The Bertz CT molecular complexity index is 1360. The van der Waals surface area contributed by atoms with E-state index in [1.165, 1.54) is 424 Å². The molecule has 0 aromatic rings. The van der Waals surface area contributed by atoms with E-state index in [9.17, 15) is 0 Å². The van der Waals surface area contributed by atoms with Gasteiger partial charge in [-0.2, -0.15) is 8.42 Å². The molecule has 0 aromatic carbocycles. The van der Waals surface area contributed by atoms with Crippen LogP contribution in [0.3, 0.4) is 0 Å². The van der Waals surface area contributed by atoms with Crippen molar-refractivity contribution in [3.05, 3.63) is 0 Å². The fraction of sp³-hybridized carbons (Fsp3) is 0.963. The molecule has 0 aliphatic carbocycles. The van der Waals surface area contributed by atoms with Crippen LogP contribution in [0.1, 0.15) is 465 Å². The minimum Gasteiger partial charge on any atom is -0.411 e. The third-order valence-electron chi connectivity index (χ3n) is 19.0. The third kappa shape index (κ3) is 101. The molecule has 0 aliphatic heterocycles. The van der Waals surface area contributed by atoms with E-state index in [1.54, 1.807) is 0 Å². The predicted octanol–water partition coefficient (Wildman–Crippen LogP) is 28.6. The molecular weight excluding hydrogens is 1400 g/mol. The zero-order valence-electron chi connectivity index (χ0n) is 64.7. The predicted molar refractivity (Wildman–Crippen MR) is 448 cm³/mol. The van der Waals surface area contributed by atoms with E-state index in [4.69, 9.17) is 92.1 Å². The first kappa shape index (κ1) is 106. The van der Waals surface area contributed by atoms with Gasteiger partial charge in [0.15, 0.2) is 0 Å². The first-order valence-corrected chi connectivity index (χ1v) is 45.6. The molecule has 0 atom stereocenters. The molecule has 0 heterocycles. The molecule has 0 saturated carbocycles. The van der Waals surface area contributed by atoms with Crippen LogP contribution in [0.4, 0.5) is 0 Å². The van der Waals surface area contributed by atoms with Crippen LogP contribution in [-0.2, 0) is 69.4 Å². The molecule has 0 amide bonds. The van der Waals surface area contributed by atoms with Crippen LogP contribution in [0.15, 0.2) is 0 Å². The minimum atomic E-state index is -4.67. The van der Waals surface area contributed by atoms with Crippen molar-refractivity contribution in [1.29, 1.82) is 0 Å². The molecule has 575 valence electrons. The molecule has 2 N–H and O–H groups in total. The molecule has 7 nitrogen and oxygen atoms in total. The number of thiocarbonyl (C=S) groups is 3. The molecule has 96 heavy (non-hydrogen) atoms. The van der Waals surface area contributed by atoms with Gasteiger partial charge >= 0.3 is 31.5 Å². The van der Waals surface area contributed by atoms with Crippen molar-refractivity contribution in [3.63, 3.8) is 0 Å². The van der Waals surface area contributed by atoms with E-state index < -0.39 is 10.4 Å². The molecule has 0 bridgehead atoms. The first-order valence-electron chi connectivity index (χ1n) is 41.7. The van der Waals surface area contributed by atoms with Gasteiger partial charge in [0, 0.05) is 39.3 Å². The Hall–Kier alpha value is 0.888. The molecule has 0 aliphatic rings. The maximum Gasteiger partial charge on any atom is 3.00 e. The Morgan fingerprint density at radius 2 is 0.292 bits per heavy atom. The van der Waals surface area contributed by atoms with Crippen LogP contribution >= 0.6 is 36.7 Å². The van der Waals surface area contributed by atoms with E-state index in [1.807, 2.05) is 0 Å². The van der Waals surface area contributed by atoms with Gasteiger partial charge in [0.1, 0.15) is 0 Å². The summed E-state index contributed by atoms with van der Waals surface area (Å²) in [6, 6.07) is 0. The topological polar surface area (TPSA) is 84.3 Å². The Morgan fingerprint density at radius 3 is 0.365 bits per heavy atom. The summed E-state index contributed by atoms with van der Waals surface area (Å²) in [6.07, 6.45) is 92.0. The second-order valence-electron chi connectivity index (χ2n) is 28.4. The zero-order chi connectivity index (χ0) is 70.9. The van der Waals surface area contributed by atoms with E-state index in [0.717, 1.165) is 39.3 Å². The van der Waals surface area contributed by atoms with Crippen molar-refractivity contribution in [2.45, 2.75) is 465 Å². The van der Waals surface area contributed by atoms with Crippen LogP contribution in [0, 0.1) is 0 Å². The van der Waals surface area contributed by atoms with Crippen molar-refractivity contribution in [3.8, 4) is 0 Å². The molecule has 0 spiro atoms. The molecule has 15 heteroatoms. The summed E-state index contributed by atoms with van der Waals surface area (Å²) < 4.78 is 33.7. The number of hydrogen-bond acceptors (Lipinski definition) is 8. The molecule has 0 aromatic heterocycles. The van der Waals surface area contributed by atoms with Gasteiger partial charge in [-0.25, -0.2) is 0 Å². The summed E-state index contributed by atoms with van der Waals surface area (Å²) in [5, 5.41) is 0. The van der Waals surface area contributed by atoms with Gasteiger partial charge in [-0.05, 0) is 38.5 Å². The Balaban J connectivity index is -0.000000413. The van der Waals surface area contributed by atoms with Gasteiger partial charge in [0.25, 0.3) is 0 Å². The van der Waals surface area contributed by atoms with Crippen molar-refractivity contribution < 1.29 is 38.6 Å². The van der Waals surface area contributed by atoms with Gasteiger partial charge in [0.05, 0.1) is 0 Å². The van der Waals surface area contributed by atoms with Crippen molar-refractivity contribution in [1.82, 2.24) is 14.7 Å². The fourth-order valence-corrected chi connectivity index (χ4v) is 13.8. The maximum atomic E-state index is 8.74. The summed E-state index contributed by atoms with van der Waals surface area (Å²) in [5.41, 5.74) is 0. The molecule has 0 saturated heterocycles. The second kappa shape index (κ2) is 92.0. The minimum absolute atomic E-state index is 0. The Morgan fingerprint density at radius 1 is 0.219 bits per heavy atom. The smallest absolute Gasteiger partial charge is 0.411 e. The second-order valence-corrected chi connectivity index (χ2v) is 32.4. The summed E-state index contributed by atoms with van der Waals surface area (Å²) in [7, 11) is -4.67. The Kier molecular flexibility index (Phi) is 101. The first-order chi connectivity index (χ1) is 46.2. The van der Waals surface area contributed by atoms with Gasteiger partial charge in [-0.1, -0.05) is 440 Å². The van der Waals surface area contributed by atoms with E-state index in [-0.39, 0.29) is 21.1 Å². The Labute approximate surface area is 650 Å². The van der Waals surface area contributed by atoms with Crippen LogP contribution in [0.2, 0.25) is 0 Å². The molecular formula is C81H164MoN3O4S7. The summed E-state index contributed by atoms with van der Waals surface area (Å²) in [5.74, 6) is 0. The fourth-order valence-electron chi connectivity index (χ4n) is 12.7. The van der Waals surface area contributed by atoms with E-state index in [2.05, 4.69) is 56.2 Å². The van der Waals surface area contributed by atoms with Crippen molar-refractivity contribution in [2.75, 3.05) is 39.3 Å². The van der Waals surface area contributed by atoms with Crippen LogP contribution in [-0.4, -0.2) is 84.5 Å². The zero-order valence-corrected chi connectivity index (χ0v) is 72.5. The average Bonchev–Trinajstić information content (AvgIpc) is 2.92. The number of nitrogens with zero attached hydrogens (tertiary/aromatic N) is 3. The van der Waals surface area contributed by atoms with Crippen LogP contribution in [0.5, 0.6) is 0 Å². The quantitative estimate of drug-likeness (QED) is 0.0200. The van der Waals surface area contributed by atoms with E-state index in [0.29, 0.717) is 13.0 Å². The van der Waals surface area contributed by atoms with E-state index >= 15 is 0 Å². The number of unbranched alkanes of at least 4 members (excludes halogenated alkanes) is 60. The van der Waals surface area contributed by atoms with Gasteiger partial charge in [-0.3, -0.25) is 9.11 Å². The molecule has 0 fully saturated rings. The van der Waals surface area contributed by atoms with Crippen molar-refractivity contribution in [2.24, 2.45) is 0 Å². The SMILES string of the molecule is CCCCCCCCCCCCCN(CCCCCCCCCCCCC)C(=S)[S-].CCCCCCCCCCCCCN(CCCCCCCCCCCCC)C(=S)[S-].CCCCCCCCCCCCCN(CCCCCCCCCCCCC)C(=S)[S-].O=S(=O)(O)O.[Mo+3]. The summed E-state index contributed by atoms with van der Waals surface area (Å²) in [6.45, 7) is 20.2. The molecule has 0 unspecified atom stereocenters. The van der Waals surface area contributed by atoms with Gasteiger partial charge in [-0.15, -0.1) is 0 Å². The molecule has 1 radical (unpaired) electrons. The number of rotatable bonds is 72. The van der Waals surface area contributed by atoms with Crippen LogP contribution < -0.4 is 0 Å². The van der Waals surface area contributed by atoms with Crippen molar-refractivity contribution >= 4 is 97.9 Å². The maximum absolute atomic E-state index is 8.74. The normalized spacial score (nSPS) is 11.0. The third-order valence-corrected chi connectivity index (χ3v) is 20.5. The summed E-state index contributed by atoms with van der Waals surface area (Å²) in [4.78, 5) is 6.85. The number of hydrogen-bond donors (Lipinski definition) is 2. The van der Waals surface area contributed by atoms with Crippen LogP contribution in [0.25, 0.3) is 0 Å². The summed E-state index contributed by atoms with van der Waals surface area (Å²) >= 11 is 31.9. The standard InChI is InChI=1S/3C27H55NS2.Mo.H2O4S/c3*1-3-5-7-9-11-13-15-17-19-21-23-25-28(27(29)30)26-24-22-20-18-16-14-12-10-8-6-4-2;;1-5(2,3)4/h3*3-26H2,1-2H3,(H,29,30);;(H2,1,2,3,4)/q;;;+3;/p-3. The molecule has 0 rings (SSSR count). The monoisotopic (exact) mass is 1560 g/mol. The van der Waals surface area contributed by atoms with Gasteiger partial charge < -0.3 is 89.2 Å². The average molecular weight is 1560 g/mol. The van der Waals surface area contributed by atoms with Gasteiger partial charge in [0.2, 0.25) is 0 Å².